The Kier molecular flexibility index (Phi) is 12.4. The van der Waals surface area contributed by atoms with Crippen LogP contribution in [0.25, 0.3) is 22.3 Å². The summed E-state index contributed by atoms with van der Waals surface area (Å²) in [6.07, 6.45) is -17.3. The number of aromatic nitrogens is 4. The molecule has 10 rings (SSSR count). The molecule has 0 saturated heterocycles. The zero-order valence-corrected chi connectivity index (χ0v) is 52.6. The maximum Gasteiger partial charge on any atom is 0.416 e. The van der Waals surface area contributed by atoms with Gasteiger partial charge in [-0.05, 0) is 164 Å². The maximum absolute atomic E-state index is 15.5. The smallest absolute Gasteiger partial charge is 0.336 e. The minimum Gasteiger partial charge on any atom is -0.336 e. The minimum absolute atomic E-state index is 0.0507. The van der Waals surface area contributed by atoms with Gasteiger partial charge in [-0.3, -0.25) is 19.2 Å². The Morgan fingerprint density at radius 3 is 1.70 bits per heavy atom. The fraction of sp³-hybridized carbons (Fsp3) is 0.378. The number of benzene rings is 6. The molecule has 2 amide bonds. The summed E-state index contributed by atoms with van der Waals surface area (Å²) in [5.41, 5.74) is -21.2. The molecule has 2 heterocycles. The number of halogens is 8. The van der Waals surface area contributed by atoms with Crippen LogP contribution in [0.2, 0.25) is 0 Å². The standard InChI is InChI=1S/2C37H40F4N4O2S/c1-4-43(5-2)18-19-44(22-26-6-10-28(11-7-26)29-12-14-30(15-13-29)37(39,40)41)34(46)23-45-33-21-25(3)20-32(33)35(47)42-36(45)48-24-27-8-16-31(38)17-9-27;1-4-43(5-2)21-22-44(25(3)27-11-13-28(14-12-27)29-15-17-30(18-16-29)37(39,40)41)34(46)23-45-33-8-6-7-32(33)35(47)42-36(45)48-24-26-9-19-31(38)20-10-26/h6-17,25H,4-5,18-24H2,1-3H3;9-20,25H,4-8,21-24H2,1-3H3/i6D,7D,8D,9D,10D,11D,12D,13D,14D,15D,16D,17D,18D2,19D2,20D2,21D2,22D2,23D2,24D2,25D;4D2,5D2,21D2,22D2,23D2,24D2,25D. The van der Waals surface area contributed by atoms with Crippen molar-refractivity contribution in [2.45, 2.75) is 133 Å². The molecule has 0 spiro atoms. The van der Waals surface area contributed by atoms with Crippen LogP contribution in [0.5, 0.6) is 0 Å². The van der Waals surface area contributed by atoms with E-state index in [0.29, 0.717) is 16.4 Å². The molecule has 2 aliphatic rings. The number of nitrogens with zero attached hydrogens (tertiary/aromatic N) is 8. The monoisotopic (exact) mass is 1400 g/mol. The van der Waals surface area contributed by atoms with E-state index >= 15 is 9.59 Å². The highest BCUT2D eigenvalue weighted by Crippen LogP contribution is 2.35. The predicted octanol–water partition coefficient (Wildman–Crippen LogP) is 15.2. The van der Waals surface area contributed by atoms with Crippen molar-refractivity contribution in [3.8, 4) is 22.3 Å². The van der Waals surface area contributed by atoms with Crippen LogP contribution in [0.1, 0.15) is 165 Å². The van der Waals surface area contributed by atoms with Crippen molar-refractivity contribution in [3.63, 3.8) is 0 Å². The van der Waals surface area contributed by atoms with Gasteiger partial charge in [-0.25, -0.2) is 8.78 Å². The number of alkyl halides is 6. The van der Waals surface area contributed by atoms with Crippen LogP contribution < -0.4 is 11.1 Å². The molecule has 8 aromatic rings. The molecule has 2 atom stereocenters. The maximum atomic E-state index is 15.5. The first kappa shape index (κ1) is 36.1. The highest BCUT2D eigenvalue weighted by atomic mass is 32.2. The molecule has 12 nitrogen and oxygen atoms in total. The second-order valence-electron chi connectivity index (χ2n) is 19.8. The van der Waals surface area contributed by atoms with Crippen molar-refractivity contribution in [2.75, 3.05) is 52.1 Å². The highest BCUT2D eigenvalue weighted by molar-refractivity contribution is 7.98. The van der Waals surface area contributed by atoms with Crippen LogP contribution in [0.4, 0.5) is 35.1 Å². The van der Waals surface area contributed by atoms with Gasteiger partial charge in [0.05, 0.1) is 48.7 Å². The van der Waals surface area contributed by atoms with Gasteiger partial charge in [-0.1, -0.05) is 155 Å². The summed E-state index contributed by atoms with van der Waals surface area (Å²) in [6.45, 7) is -30.8. The lowest BCUT2D eigenvalue weighted by molar-refractivity contribution is -0.138. The summed E-state index contributed by atoms with van der Waals surface area (Å²) in [5, 5.41) is -2.38. The largest absolute Gasteiger partial charge is 0.416 e. The van der Waals surface area contributed by atoms with Gasteiger partial charge in [0, 0.05) is 89.7 Å². The van der Waals surface area contributed by atoms with Crippen molar-refractivity contribution in [3.05, 3.63) is 234 Å². The number of amides is 2. The molecule has 0 fully saturated rings. The second kappa shape index (κ2) is 32.9. The zero-order valence-electron chi connectivity index (χ0n) is 91.0. The first-order chi connectivity index (χ1) is 61.3. The molecule has 2 aliphatic carbocycles. The topological polar surface area (TPSA) is 117 Å². The third-order valence-corrected chi connectivity index (χ3v) is 15.1. The number of hydrogen-bond acceptors (Lipinski definition) is 10. The van der Waals surface area contributed by atoms with Crippen molar-refractivity contribution < 1.29 is 99.5 Å². The molecule has 2 aromatic heterocycles. The quantitative estimate of drug-likeness (QED) is 0.0295. The van der Waals surface area contributed by atoms with Crippen molar-refractivity contribution in [1.82, 2.24) is 38.7 Å². The summed E-state index contributed by atoms with van der Waals surface area (Å²) in [6, 6.07) is -9.10. The number of thioether (sulfide) groups is 2. The van der Waals surface area contributed by atoms with E-state index in [1.54, 1.807) is 0 Å². The van der Waals surface area contributed by atoms with E-state index < -0.39 is 303 Å². The summed E-state index contributed by atoms with van der Waals surface area (Å²) in [5.74, 6) is -10.6. The molecule has 0 saturated carbocycles. The Morgan fingerprint density at radius 2 is 1.12 bits per heavy atom. The third kappa shape index (κ3) is 18.8. The molecule has 96 heavy (non-hydrogen) atoms. The Hall–Kier alpha value is -7.92. The normalized spacial score (nSPS) is 23.8. The molecule has 508 valence electrons. The van der Waals surface area contributed by atoms with E-state index in [0.717, 1.165) is 69.3 Å². The molecular weight excluding hydrogens is 1280 g/mol. The average molecular weight is 1400 g/mol. The van der Waals surface area contributed by atoms with Gasteiger partial charge in [-0.2, -0.15) is 36.3 Å². The molecule has 6 aromatic carbocycles. The molecule has 22 heteroatoms. The average Bonchev–Trinajstić information content (AvgIpc) is 1.45. The Labute approximate surface area is 620 Å². The van der Waals surface area contributed by atoms with Gasteiger partial charge in [-0.15, -0.1) is 0 Å². The lowest BCUT2D eigenvalue weighted by Crippen LogP contribution is -2.42. The molecule has 0 radical (unpaired) electrons. The second-order valence-corrected chi connectivity index (χ2v) is 21.4. The molecule has 0 aliphatic heterocycles. The lowest BCUT2D eigenvalue weighted by atomic mass is 9.99. The Morgan fingerprint density at radius 1 is 0.604 bits per heavy atom. The molecular formula is C74H80F8N8O4S2. The van der Waals surface area contributed by atoms with E-state index in [4.69, 9.17) is 39.8 Å². The van der Waals surface area contributed by atoms with Gasteiger partial charge < -0.3 is 28.7 Å². The van der Waals surface area contributed by atoms with Gasteiger partial charge in [0.1, 0.15) is 24.6 Å². The number of carbonyl (C=O) groups excluding carboxylic acids is 2. The highest BCUT2D eigenvalue weighted by Gasteiger charge is 2.33. The van der Waals surface area contributed by atoms with E-state index in [2.05, 4.69) is 9.97 Å². The lowest BCUT2D eigenvalue weighted by Gasteiger charge is -2.33. The number of rotatable bonds is 26. The Bertz CT molecular complexity index is 6100. The van der Waals surface area contributed by atoms with Crippen LogP contribution >= 0.6 is 23.5 Å². The van der Waals surface area contributed by atoms with Crippen LogP contribution in [0.3, 0.4) is 0 Å². The Balaban J connectivity index is 0.000000311. The third-order valence-electron chi connectivity index (χ3n) is 13.5. The predicted molar refractivity (Wildman–Crippen MR) is 362 cm³/mol. The van der Waals surface area contributed by atoms with Gasteiger partial charge in [0.25, 0.3) is 11.1 Å². The summed E-state index contributed by atoms with van der Waals surface area (Å²) >= 11 is -0.481. The number of likely N-dealkylation sites (N-methyl/N-ethyl adjacent to an activating group) is 2. The van der Waals surface area contributed by atoms with Crippen molar-refractivity contribution >= 4 is 35.3 Å². The summed E-state index contributed by atoms with van der Waals surface area (Å²) in [4.78, 5) is 64.6. The first-order valence-corrected chi connectivity index (χ1v) is 30.0. The van der Waals surface area contributed by atoms with Crippen LogP contribution in [-0.4, -0.2) is 103 Å². The zero-order chi connectivity index (χ0) is 104. The minimum atomic E-state index is -5.52. The molecule has 0 bridgehead atoms. The molecule has 0 N–H and O–H groups in total. The number of fused-ring (bicyclic) bond motifs is 2. The fourth-order valence-electron chi connectivity index (χ4n) is 8.68. The van der Waals surface area contributed by atoms with Crippen LogP contribution in [-0.2, 0) is 78.4 Å². The van der Waals surface area contributed by atoms with E-state index in [-0.39, 0.29) is 74.3 Å². The van der Waals surface area contributed by atoms with E-state index in [1.165, 1.54) is 38.1 Å². The van der Waals surface area contributed by atoms with Crippen molar-refractivity contribution in [2.24, 2.45) is 5.89 Å². The van der Waals surface area contributed by atoms with Crippen LogP contribution in [0.15, 0.2) is 165 Å². The van der Waals surface area contributed by atoms with E-state index in [1.807, 2.05) is 0 Å². The van der Waals surface area contributed by atoms with Gasteiger partial charge in [0.15, 0.2) is 10.3 Å². The van der Waals surface area contributed by atoms with E-state index in [9.17, 15) is 59.8 Å². The number of hydrogen-bond donors (Lipinski definition) is 0. The fourth-order valence-corrected chi connectivity index (χ4v) is 10.1. The summed E-state index contributed by atoms with van der Waals surface area (Å²) in [7, 11) is 0. The van der Waals surface area contributed by atoms with Gasteiger partial charge in [0.2, 0.25) is 11.8 Å². The SMILES string of the molecule is [2H]C([2H])(Sc1nc(=O)c2c(n1C([2H])([2H])C(=O)N(C([2H])(C)c1ccc(-c3ccc(C(F)(F)F)cc3)cc1)C([2H])([2H])C([2H])([2H])N(C([2H])([2H])C)C([2H])([2H])C)CCC2)c1ccc(F)cc1.[2H]c1c([2H])c(C([2H])([2H])Sc2nc(=O)c3c(n2C([2H])([2H])C(=O)N(C([2H])([2H])c2c([2H])c([2H])c(-c4c([2H])c([2H])c(C(F)(F)F)c([2H])c4[2H])c([2H])c2[2H])C([2H])([2H])C([2H])([2H])N(CC)CC)C([2H])([2H])C([2H])(C)C3([2H])[2H])c([2H])c([2H])c1F. The van der Waals surface area contributed by atoms with Crippen LogP contribution in [0, 0.1) is 17.5 Å². The molecule has 2 unspecified atom stereocenters. The first-order valence-electron chi connectivity index (χ1n) is 48.3. The summed E-state index contributed by atoms with van der Waals surface area (Å²) < 4.78 is 462. The van der Waals surface area contributed by atoms with Crippen molar-refractivity contribution in [1.29, 1.82) is 0 Å². The number of carbonyl (C=O) groups is 2. The van der Waals surface area contributed by atoms with Gasteiger partial charge >= 0.3 is 12.4 Å².